The molecule has 0 saturated carbocycles. The van der Waals surface area contributed by atoms with E-state index in [1.54, 1.807) is 0 Å². The van der Waals surface area contributed by atoms with Gasteiger partial charge in [-0.3, -0.25) is 0 Å². The summed E-state index contributed by atoms with van der Waals surface area (Å²) in [5, 5.41) is 0. The number of benzene rings is 2. The van der Waals surface area contributed by atoms with Crippen LogP contribution in [0.25, 0.3) is 0 Å². The normalized spacial score (nSPS) is 26.5. The van der Waals surface area contributed by atoms with Gasteiger partial charge in [-0.05, 0) is 30.2 Å². The number of halogens is 1. The summed E-state index contributed by atoms with van der Waals surface area (Å²) in [6.45, 7) is 2.39. The summed E-state index contributed by atoms with van der Waals surface area (Å²) < 4.78 is 16.8. The number of hydrogen-bond acceptors (Lipinski definition) is 3. The summed E-state index contributed by atoms with van der Waals surface area (Å²) in [7, 11) is 0. The van der Waals surface area contributed by atoms with E-state index < -0.39 is 0 Å². The summed E-state index contributed by atoms with van der Waals surface area (Å²) in [6.07, 6.45) is 0.145. The molecule has 0 amide bonds. The topological polar surface area (TPSA) is 27.7 Å². The number of fused-ring (bicyclic) bond motifs is 1. The molecule has 2 aliphatic heterocycles. The zero-order valence-corrected chi connectivity index (χ0v) is 13.2. The van der Waals surface area contributed by atoms with Crippen LogP contribution < -0.4 is 9.47 Å². The summed E-state index contributed by atoms with van der Waals surface area (Å²) in [5.74, 6) is 1.61. The van der Waals surface area contributed by atoms with Crippen LogP contribution in [0.1, 0.15) is 28.9 Å². The number of ether oxygens (including phenoxy) is 3. The highest BCUT2D eigenvalue weighted by Crippen LogP contribution is 2.50. The monoisotopic (exact) mass is 346 g/mol. The second kappa shape index (κ2) is 5.04. The number of alkyl halides is 1. The van der Waals surface area contributed by atoms with Crippen molar-refractivity contribution < 1.29 is 14.2 Å². The lowest BCUT2D eigenvalue weighted by atomic mass is 9.92. The van der Waals surface area contributed by atoms with Gasteiger partial charge in [-0.25, -0.2) is 0 Å². The molecule has 0 aromatic heterocycles. The molecule has 4 rings (SSSR count). The first-order chi connectivity index (χ1) is 10.2. The van der Waals surface area contributed by atoms with Crippen LogP contribution in [0.2, 0.25) is 0 Å². The van der Waals surface area contributed by atoms with Crippen LogP contribution in [0.3, 0.4) is 0 Å². The lowest BCUT2D eigenvalue weighted by Crippen LogP contribution is -2.36. The van der Waals surface area contributed by atoms with E-state index in [1.807, 2.05) is 18.2 Å². The fourth-order valence-corrected chi connectivity index (χ4v) is 3.61. The first-order valence-corrected chi connectivity index (χ1v) is 7.89. The highest BCUT2D eigenvalue weighted by Gasteiger charge is 2.42. The molecule has 0 bridgehead atoms. The third-order valence-corrected chi connectivity index (χ3v) is 4.96. The van der Waals surface area contributed by atoms with Crippen molar-refractivity contribution in [2.75, 3.05) is 6.79 Å². The van der Waals surface area contributed by atoms with Gasteiger partial charge in [0.15, 0.2) is 11.5 Å². The predicted octanol–water partition coefficient (Wildman–Crippen LogP) is 4.30. The van der Waals surface area contributed by atoms with Crippen molar-refractivity contribution in [1.29, 1.82) is 0 Å². The van der Waals surface area contributed by atoms with Crippen LogP contribution in [0.15, 0.2) is 42.5 Å². The van der Waals surface area contributed by atoms with Crippen LogP contribution >= 0.6 is 15.9 Å². The Morgan fingerprint density at radius 1 is 0.905 bits per heavy atom. The van der Waals surface area contributed by atoms with Gasteiger partial charge in [-0.1, -0.05) is 51.8 Å². The van der Waals surface area contributed by atoms with Crippen molar-refractivity contribution in [3.63, 3.8) is 0 Å². The molecule has 2 heterocycles. The maximum absolute atomic E-state index is 6.08. The lowest BCUT2D eigenvalue weighted by molar-refractivity contribution is -0.118. The third kappa shape index (κ3) is 2.23. The predicted molar refractivity (Wildman–Crippen MR) is 83.0 cm³/mol. The van der Waals surface area contributed by atoms with Gasteiger partial charge in [-0.2, -0.15) is 0 Å². The van der Waals surface area contributed by atoms with Crippen LogP contribution in [-0.4, -0.2) is 11.6 Å². The van der Waals surface area contributed by atoms with E-state index in [-0.39, 0.29) is 17.0 Å². The molecule has 2 aliphatic rings. The number of rotatable bonds is 2. The average molecular weight is 347 g/mol. The summed E-state index contributed by atoms with van der Waals surface area (Å²) >= 11 is 3.77. The fourth-order valence-electron chi connectivity index (χ4n) is 2.75. The zero-order chi connectivity index (χ0) is 14.4. The molecular formula is C17H15BrO3. The maximum Gasteiger partial charge on any atom is 0.231 e. The molecule has 3 atom stereocenters. The minimum Gasteiger partial charge on any atom is -0.454 e. The molecule has 2 aromatic carbocycles. The Labute approximate surface area is 132 Å². The average Bonchev–Trinajstić information content (AvgIpc) is 2.95. The molecule has 2 aromatic rings. The molecule has 3 nitrogen and oxygen atoms in total. The van der Waals surface area contributed by atoms with Crippen molar-refractivity contribution in [2.24, 2.45) is 0 Å². The van der Waals surface area contributed by atoms with E-state index >= 15 is 0 Å². The van der Waals surface area contributed by atoms with Crippen LogP contribution in [0.5, 0.6) is 11.5 Å². The van der Waals surface area contributed by atoms with Gasteiger partial charge in [0.2, 0.25) is 6.79 Å². The van der Waals surface area contributed by atoms with Gasteiger partial charge in [0.05, 0.1) is 17.0 Å². The molecule has 4 heteroatoms. The smallest absolute Gasteiger partial charge is 0.231 e. The Kier molecular flexibility index (Phi) is 3.16. The van der Waals surface area contributed by atoms with Crippen LogP contribution in [-0.2, 0) is 4.74 Å². The van der Waals surface area contributed by atoms with E-state index in [9.17, 15) is 0 Å². The van der Waals surface area contributed by atoms with Gasteiger partial charge in [-0.15, -0.1) is 0 Å². The summed E-state index contributed by atoms with van der Waals surface area (Å²) in [4.78, 5) is 0.264. The molecule has 0 N–H and O–H groups in total. The molecule has 0 radical (unpaired) electrons. The minimum absolute atomic E-state index is 0.0470. The van der Waals surface area contributed by atoms with Gasteiger partial charge >= 0.3 is 0 Å². The van der Waals surface area contributed by atoms with E-state index in [2.05, 4.69) is 47.1 Å². The van der Waals surface area contributed by atoms with Gasteiger partial charge in [0.1, 0.15) is 0 Å². The third-order valence-electron chi connectivity index (χ3n) is 4.00. The van der Waals surface area contributed by atoms with Crippen molar-refractivity contribution in [1.82, 2.24) is 0 Å². The van der Waals surface area contributed by atoms with E-state index in [0.717, 1.165) is 17.1 Å². The van der Waals surface area contributed by atoms with Crippen LogP contribution in [0.4, 0.5) is 0 Å². The van der Waals surface area contributed by atoms with Gasteiger partial charge in [0, 0.05) is 0 Å². The molecule has 1 fully saturated rings. The highest BCUT2D eigenvalue weighted by molar-refractivity contribution is 9.09. The zero-order valence-electron chi connectivity index (χ0n) is 11.6. The van der Waals surface area contributed by atoms with E-state index in [0.29, 0.717) is 6.79 Å². The van der Waals surface area contributed by atoms with Crippen molar-refractivity contribution in [2.45, 2.75) is 24.0 Å². The Hall–Kier alpha value is -1.52. The molecule has 21 heavy (non-hydrogen) atoms. The summed E-state index contributed by atoms with van der Waals surface area (Å²) in [5.41, 5.74) is 3.58. The SMILES string of the molecule is Cc1ccc([C@@H]2O[C@H](c3ccc4c(c3)OCO4)[C@H]2Br)cc1. The van der Waals surface area contributed by atoms with Gasteiger partial charge in [0.25, 0.3) is 0 Å². The Balaban J connectivity index is 1.53. The fraction of sp³-hybridized carbons (Fsp3) is 0.294. The molecule has 0 spiro atoms. The molecule has 0 aliphatic carbocycles. The van der Waals surface area contributed by atoms with Crippen molar-refractivity contribution in [3.8, 4) is 11.5 Å². The van der Waals surface area contributed by atoms with Gasteiger partial charge < -0.3 is 14.2 Å². The molecule has 108 valence electrons. The minimum atomic E-state index is 0.0470. The van der Waals surface area contributed by atoms with E-state index in [4.69, 9.17) is 14.2 Å². The van der Waals surface area contributed by atoms with Crippen LogP contribution in [0, 0.1) is 6.92 Å². The standard InChI is InChI=1S/C17H15BrO3/c1-10-2-4-11(5-3-10)16-15(18)17(21-16)12-6-7-13-14(8-12)20-9-19-13/h2-8,15-17H,9H2,1H3/t15-,16-,17+/m0/s1. The molecule has 0 unspecified atom stereocenters. The lowest BCUT2D eigenvalue weighted by Gasteiger charge is -2.42. The largest absolute Gasteiger partial charge is 0.454 e. The first kappa shape index (κ1) is 13.2. The van der Waals surface area contributed by atoms with E-state index in [1.165, 1.54) is 11.1 Å². The van der Waals surface area contributed by atoms with Crippen molar-refractivity contribution in [3.05, 3.63) is 59.2 Å². The Morgan fingerprint density at radius 2 is 1.57 bits per heavy atom. The highest BCUT2D eigenvalue weighted by atomic mass is 79.9. The quantitative estimate of drug-likeness (QED) is 0.758. The Morgan fingerprint density at radius 3 is 2.33 bits per heavy atom. The first-order valence-electron chi connectivity index (χ1n) is 6.98. The second-order valence-corrected chi connectivity index (χ2v) is 6.50. The Bertz CT molecular complexity index is 668. The molecular weight excluding hydrogens is 332 g/mol. The summed E-state index contributed by atoms with van der Waals surface area (Å²) in [6, 6.07) is 14.5. The number of hydrogen-bond donors (Lipinski definition) is 0. The molecule has 1 saturated heterocycles. The van der Waals surface area contributed by atoms with Crippen molar-refractivity contribution >= 4 is 15.9 Å². The number of aryl methyl sites for hydroxylation is 1. The second-order valence-electron chi connectivity index (χ2n) is 5.45. The maximum atomic E-state index is 6.08.